The van der Waals surface area contributed by atoms with E-state index in [9.17, 15) is 0 Å². The Morgan fingerprint density at radius 1 is 0.667 bits per heavy atom. The van der Waals surface area contributed by atoms with Crippen LogP contribution >= 0.6 is 0 Å². The van der Waals surface area contributed by atoms with Crippen molar-refractivity contribution in [3.05, 3.63) is 140 Å². The van der Waals surface area contributed by atoms with Gasteiger partial charge in [-0.2, -0.15) is 0 Å². The second kappa shape index (κ2) is 9.02. The summed E-state index contributed by atoms with van der Waals surface area (Å²) >= 11 is 0. The lowest BCUT2D eigenvalue weighted by Crippen LogP contribution is -1.92. The van der Waals surface area contributed by atoms with Crippen LogP contribution in [0, 0.1) is 0 Å². The molecule has 0 radical (unpaired) electrons. The minimum absolute atomic E-state index is 0.971. The largest absolute Gasteiger partial charge is 0.355 e. The number of hydrogen-bond donors (Lipinski definition) is 1. The molecule has 5 aromatic rings. The quantitative estimate of drug-likeness (QED) is 0.212. The van der Waals surface area contributed by atoms with Crippen LogP contribution in [-0.4, -0.2) is 0 Å². The molecule has 0 heterocycles. The molecule has 0 spiro atoms. The smallest absolute Gasteiger partial charge is 0.0470 e. The third-order valence-corrected chi connectivity index (χ3v) is 5.93. The van der Waals surface area contributed by atoms with Crippen LogP contribution in [0.15, 0.2) is 135 Å². The second-order valence-electron chi connectivity index (χ2n) is 8.09. The van der Waals surface area contributed by atoms with E-state index in [1.165, 1.54) is 32.7 Å². The van der Waals surface area contributed by atoms with E-state index in [2.05, 4.69) is 122 Å². The van der Waals surface area contributed by atoms with Crippen LogP contribution in [0.3, 0.4) is 0 Å². The zero-order valence-corrected chi connectivity index (χ0v) is 18.5. The molecule has 0 aromatic heterocycles. The Labute approximate surface area is 195 Å². The zero-order chi connectivity index (χ0) is 22.6. The van der Waals surface area contributed by atoms with Crippen molar-refractivity contribution >= 4 is 38.5 Å². The highest BCUT2D eigenvalue weighted by molar-refractivity contribution is 6.13. The molecule has 0 saturated heterocycles. The summed E-state index contributed by atoms with van der Waals surface area (Å²) in [4.78, 5) is 0. The Bertz CT molecular complexity index is 1500. The molecule has 0 saturated carbocycles. The standard InChI is InChI=1S/C32H25N/c1-3-4-10-23(2)25-12-9-13-26(21-25)24-17-19-28(20-18-24)33-32-22-27-11-5-6-14-29(27)30-15-7-8-16-31(30)32/h3-22,33H,1-2H2/b10-4-. The highest BCUT2D eigenvalue weighted by Crippen LogP contribution is 2.34. The zero-order valence-electron chi connectivity index (χ0n) is 18.5. The number of rotatable bonds is 6. The van der Waals surface area contributed by atoms with Gasteiger partial charge >= 0.3 is 0 Å². The van der Waals surface area contributed by atoms with Crippen molar-refractivity contribution < 1.29 is 0 Å². The maximum atomic E-state index is 4.16. The predicted molar refractivity (Wildman–Crippen MR) is 145 cm³/mol. The van der Waals surface area contributed by atoms with Crippen LogP contribution in [0.5, 0.6) is 0 Å². The fraction of sp³-hybridized carbons (Fsp3) is 0. The molecule has 33 heavy (non-hydrogen) atoms. The number of allylic oxidation sites excluding steroid dienone is 4. The van der Waals surface area contributed by atoms with E-state index < -0.39 is 0 Å². The Morgan fingerprint density at radius 3 is 2.18 bits per heavy atom. The number of nitrogens with one attached hydrogen (secondary N) is 1. The van der Waals surface area contributed by atoms with E-state index in [4.69, 9.17) is 0 Å². The molecular formula is C32H25N. The molecule has 0 atom stereocenters. The summed E-state index contributed by atoms with van der Waals surface area (Å²) in [7, 11) is 0. The Kier molecular flexibility index (Phi) is 5.61. The van der Waals surface area contributed by atoms with Gasteiger partial charge in [0.15, 0.2) is 0 Å². The van der Waals surface area contributed by atoms with Crippen LogP contribution in [0.2, 0.25) is 0 Å². The van der Waals surface area contributed by atoms with Crippen molar-refractivity contribution in [2.75, 3.05) is 5.32 Å². The van der Waals surface area contributed by atoms with Gasteiger partial charge in [0.05, 0.1) is 0 Å². The van der Waals surface area contributed by atoms with Crippen LogP contribution in [-0.2, 0) is 0 Å². The molecule has 158 valence electrons. The lowest BCUT2D eigenvalue weighted by molar-refractivity contribution is 1.55. The lowest BCUT2D eigenvalue weighted by atomic mass is 9.99. The molecule has 0 aliphatic heterocycles. The van der Waals surface area contributed by atoms with Gasteiger partial charge in [0.25, 0.3) is 0 Å². The van der Waals surface area contributed by atoms with Gasteiger partial charge in [0.1, 0.15) is 0 Å². The molecule has 1 nitrogen and oxygen atoms in total. The van der Waals surface area contributed by atoms with Crippen molar-refractivity contribution in [2.24, 2.45) is 0 Å². The van der Waals surface area contributed by atoms with Crippen molar-refractivity contribution in [1.82, 2.24) is 0 Å². The summed E-state index contributed by atoms with van der Waals surface area (Å²) in [5.41, 5.74) is 6.60. The third kappa shape index (κ3) is 4.22. The van der Waals surface area contributed by atoms with Crippen molar-refractivity contribution in [3.8, 4) is 11.1 Å². The van der Waals surface area contributed by atoms with Gasteiger partial charge in [-0.25, -0.2) is 0 Å². The number of anilines is 2. The average molecular weight is 424 g/mol. The highest BCUT2D eigenvalue weighted by Gasteiger charge is 2.07. The van der Waals surface area contributed by atoms with Gasteiger partial charge in [0.2, 0.25) is 0 Å². The third-order valence-electron chi connectivity index (χ3n) is 5.93. The summed E-state index contributed by atoms with van der Waals surface area (Å²) in [5.74, 6) is 0. The molecule has 0 bridgehead atoms. The van der Waals surface area contributed by atoms with Crippen molar-refractivity contribution in [2.45, 2.75) is 0 Å². The molecule has 0 aliphatic carbocycles. The summed E-state index contributed by atoms with van der Waals surface area (Å²) in [6.45, 7) is 7.89. The summed E-state index contributed by atoms with van der Waals surface area (Å²) in [5, 5.41) is 8.63. The molecule has 0 unspecified atom stereocenters. The van der Waals surface area contributed by atoms with E-state index in [0.29, 0.717) is 0 Å². The van der Waals surface area contributed by atoms with Crippen LogP contribution in [0.1, 0.15) is 5.56 Å². The monoisotopic (exact) mass is 423 g/mol. The van der Waals surface area contributed by atoms with E-state index in [-0.39, 0.29) is 0 Å². The SMILES string of the molecule is C=C/C=C\C(=C)c1cccc(-c2ccc(Nc3cc4ccccc4c4ccccc34)cc2)c1. The van der Waals surface area contributed by atoms with Gasteiger partial charge in [-0.15, -0.1) is 0 Å². The van der Waals surface area contributed by atoms with Gasteiger partial charge in [-0.05, 0) is 62.7 Å². The lowest BCUT2D eigenvalue weighted by Gasteiger charge is -2.13. The Morgan fingerprint density at radius 2 is 1.39 bits per heavy atom. The predicted octanol–water partition coefficient (Wildman–Crippen LogP) is 9.16. The summed E-state index contributed by atoms with van der Waals surface area (Å²) in [6, 6.07) is 36.4. The molecule has 5 rings (SSSR count). The maximum Gasteiger partial charge on any atom is 0.0470 e. The highest BCUT2D eigenvalue weighted by atomic mass is 14.9. The minimum atomic E-state index is 0.971. The topological polar surface area (TPSA) is 12.0 Å². The van der Waals surface area contributed by atoms with Gasteiger partial charge in [-0.1, -0.05) is 110 Å². The molecule has 5 aromatic carbocycles. The molecular weight excluding hydrogens is 398 g/mol. The second-order valence-corrected chi connectivity index (χ2v) is 8.09. The maximum absolute atomic E-state index is 4.16. The summed E-state index contributed by atoms with van der Waals surface area (Å²) < 4.78 is 0. The fourth-order valence-corrected chi connectivity index (χ4v) is 4.24. The van der Waals surface area contributed by atoms with Gasteiger partial charge < -0.3 is 5.32 Å². The number of fused-ring (bicyclic) bond motifs is 3. The molecule has 1 heteroatoms. The van der Waals surface area contributed by atoms with Gasteiger partial charge in [-0.3, -0.25) is 0 Å². The Balaban J connectivity index is 1.45. The first kappa shape index (κ1) is 20.5. The first-order chi connectivity index (χ1) is 16.2. The van der Waals surface area contributed by atoms with Gasteiger partial charge in [0, 0.05) is 16.8 Å². The molecule has 1 N–H and O–H groups in total. The number of benzene rings is 5. The normalized spacial score (nSPS) is 11.2. The Hall–Kier alpha value is -4.36. The molecule has 0 fully saturated rings. The average Bonchev–Trinajstić information content (AvgIpc) is 2.88. The molecule has 0 aliphatic rings. The minimum Gasteiger partial charge on any atom is -0.355 e. The first-order valence-electron chi connectivity index (χ1n) is 11.1. The van der Waals surface area contributed by atoms with Crippen LogP contribution in [0.25, 0.3) is 38.2 Å². The number of hydrogen-bond acceptors (Lipinski definition) is 1. The van der Waals surface area contributed by atoms with E-state index >= 15 is 0 Å². The van der Waals surface area contributed by atoms with Crippen molar-refractivity contribution in [1.29, 1.82) is 0 Å². The van der Waals surface area contributed by atoms with Crippen LogP contribution < -0.4 is 5.32 Å². The van der Waals surface area contributed by atoms with E-state index in [0.717, 1.165) is 22.5 Å². The van der Waals surface area contributed by atoms with E-state index in [1.807, 2.05) is 12.2 Å². The summed E-state index contributed by atoms with van der Waals surface area (Å²) in [6.07, 6.45) is 5.65. The fourth-order valence-electron chi connectivity index (χ4n) is 4.24. The van der Waals surface area contributed by atoms with Crippen molar-refractivity contribution in [3.63, 3.8) is 0 Å². The van der Waals surface area contributed by atoms with Crippen LogP contribution in [0.4, 0.5) is 11.4 Å². The first-order valence-corrected chi connectivity index (χ1v) is 11.1. The van der Waals surface area contributed by atoms with E-state index in [1.54, 1.807) is 6.08 Å². The molecule has 0 amide bonds.